The van der Waals surface area contributed by atoms with Gasteiger partial charge in [-0.1, -0.05) is 62.2 Å². The standard InChI is InChI=1S/C19H27NOS/c22-19(20-11-13-21-14-12-20)15-16-7-9-18(10-8-16)17-5-3-1-2-4-6-17/h7-10,17H,1-6,11-15H2. The second-order valence-electron chi connectivity index (χ2n) is 6.60. The van der Waals surface area contributed by atoms with E-state index < -0.39 is 0 Å². The summed E-state index contributed by atoms with van der Waals surface area (Å²) in [6, 6.07) is 9.25. The minimum atomic E-state index is 0.780. The molecule has 1 aromatic carbocycles. The van der Waals surface area contributed by atoms with Crippen molar-refractivity contribution in [1.29, 1.82) is 0 Å². The van der Waals surface area contributed by atoms with Crippen LogP contribution in [0.2, 0.25) is 0 Å². The first-order valence-electron chi connectivity index (χ1n) is 8.77. The van der Waals surface area contributed by atoms with E-state index >= 15 is 0 Å². The molecule has 3 heteroatoms. The van der Waals surface area contributed by atoms with Gasteiger partial charge in [0.15, 0.2) is 0 Å². The van der Waals surface area contributed by atoms with Crippen LogP contribution in [-0.4, -0.2) is 36.2 Å². The summed E-state index contributed by atoms with van der Waals surface area (Å²) < 4.78 is 5.39. The topological polar surface area (TPSA) is 12.5 Å². The molecule has 0 spiro atoms. The van der Waals surface area contributed by atoms with E-state index in [2.05, 4.69) is 29.2 Å². The van der Waals surface area contributed by atoms with E-state index in [1.165, 1.54) is 49.7 Å². The molecule has 0 unspecified atom stereocenters. The minimum Gasteiger partial charge on any atom is -0.378 e. The molecular weight excluding hydrogens is 290 g/mol. The highest BCUT2D eigenvalue weighted by Gasteiger charge is 2.16. The normalized spacial score (nSPS) is 20.6. The molecule has 1 saturated carbocycles. The zero-order chi connectivity index (χ0) is 15.2. The van der Waals surface area contributed by atoms with Gasteiger partial charge in [0.1, 0.15) is 0 Å². The molecule has 2 nitrogen and oxygen atoms in total. The maximum Gasteiger partial charge on any atom is 0.0825 e. The summed E-state index contributed by atoms with van der Waals surface area (Å²) in [7, 11) is 0. The van der Waals surface area contributed by atoms with Crippen LogP contribution in [0.15, 0.2) is 24.3 Å². The van der Waals surface area contributed by atoms with Gasteiger partial charge >= 0.3 is 0 Å². The third-order valence-electron chi connectivity index (χ3n) is 5.03. The number of nitrogens with zero attached hydrogens (tertiary/aromatic N) is 1. The summed E-state index contributed by atoms with van der Waals surface area (Å²) in [5.41, 5.74) is 2.87. The molecule has 120 valence electrons. The largest absolute Gasteiger partial charge is 0.378 e. The lowest BCUT2D eigenvalue weighted by atomic mass is 9.91. The molecule has 0 amide bonds. The molecule has 1 aromatic rings. The van der Waals surface area contributed by atoms with Crippen molar-refractivity contribution in [2.45, 2.75) is 50.9 Å². The molecule has 2 fully saturated rings. The smallest absolute Gasteiger partial charge is 0.0825 e. The van der Waals surface area contributed by atoms with Gasteiger partial charge in [-0.05, 0) is 29.9 Å². The van der Waals surface area contributed by atoms with Crippen molar-refractivity contribution in [2.75, 3.05) is 26.3 Å². The van der Waals surface area contributed by atoms with Crippen LogP contribution in [0, 0.1) is 0 Å². The number of rotatable bonds is 3. The molecule has 1 aliphatic heterocycles. The first kappa shape index (κ1) is 15.9. The number of ether oxygens (including phenoxy) is 1. The molecule has 3 rings (SSSR count). The lowest BCUT2D eigenvalue weighted by molar-refractivity contribution is 0.0684. The van der Waals surface area contributed by atoms with Crippen LogP contribution >= 0.6 is 12.2 Å². The van der Waals surface area contributed by atoms with Crippen molar-refractivity contribution < 1.29 is 4.74 Å². The van der Waals surface area contributed by atoms with Crippen molar-refractivity contribution in [3.05, 3.63) is 35.4 Å². The average Bonchev–Trinajstić information content (AvgIpc) is 2.86. The van der Waals surface area contributed by atoms with Crippen LogP contribution in [-0.2, 0) is 11.2 Å². The second kappa shape index (κ2) is 8.07. The van der Waals surface area contributed by atoms with Crippen LogP contribution in [0.25, 0.3) is 0 Å². The second-order valence-corrected chi connectivity index (χ2v) is 7.07. The highest BCUT2D eigenvalue weighted by Crippen LogP contribution is 2.31. The van der Waals surface area contributed by atoms with Crippen molar-refractivity contribution in [1.82, 2.24) is 4.90 Å². The Kier molecular flexibility index (Phi) is 5.85. The SMILES string of the molecule is S=C(Cc1ccc(C2CCCCCC2)cc1)N1CCOCC1. The number of hydrogen-bond donors (Lipinski definition) is 0. The van der Waals surface area contributed by atoms with E-state index in [1.807, 2.05) is 0 Å². The number of hydrogen-bond acceptors (Lipinski definition) is 2. The summed E-state index contributed by atoms with van der Waals surface area (Å²) in [5, 5.41) is 0. The predicted molar refractivity (Wildman–Crippen MR) is 95.6 cm³/mol. The average molecular weight is 317 g/mol. The van der Waals surface area contributed by atoms with E-state index in [9.17, 15) is 0 Å². The van der Waals surface area contributed by atoms with Gasteiger partial charge in [-0.3, -0.25) is 0 Å². The van der Waals surface area contributed by atoms with Crippen molar-refractivity contribution >= 4 is 17.2 Å². The summed E-state index contributed by atoms with van der Waals surface area (Å²) in [6.45, 7) is 3.50. The van der Waals surface area contributed by atoms with E-state index in [0.29, 0.717) is 0 Å². The monoisotopic (exact) mass is 317 g/mol. The van der Waals surface area contributed by atoms with E-state index in [0.717, 1.165) is 43.6 Å². The molecule has 0 aromatic heterocycles. The van der Waals surface area contributed by atoms with Gasteiger partial charge in [-0.2, -0.15) is 0 Å². The van der Waals surface area contributed by atoms with Crippen molar-refractivity contribution in [2.24, 2.45) is 0 Å². The third-order valence-corrected chi connectivity index (χ3v) is 5.43. The Bertz CT molecular complexity index is 471. The highest BCUT2D eigenvalue weighted by atomic mass is 32.1. The molecular formula is C19H27NOS. The van der Waals surface area contributed by atoms with Gasteiger partial charge in [0.2, 0.25) is 0 Å². The first-order valence-corrected chi connectivity index (χ1v) is 9.18. The lowest BCUT2D eigenvalue weighted by Gasteiger charge is -2.29. The zero-order valence-corrected chi connectivity index (χ0v) is 14.2. The molecule has 0 N–H and O–H groups in total. The van der Waals surface area contributed by atoms with Gasteiger partial charge in [-0.25, -0.2) is 0 Å². The van der Waals surface area contributed by atoms with Gasteiger partial charge in [0.25, 0.3) is 0 Å². The lowest BCUT2D eigenvalue weighted by Crippen LogP contribution is -2.40. The third kappa shape index (κ3) is 4.30. The Labute approximate surface area is 139 Å². The minimum absolute atomic E-state index is 0.780. The maximum atomic E-state index is 5.60. The van der Waals surface area contributed by atoms with Crippen LogP contribution in [0.4, 0.5) is 0 Å². The van der Waals surface area contributed by atoms with E-state index in [1.54, 1.807) is 0 Å². The fourth-order valence-corrected chi connectivity index (χ4v) is 3.97. The zero-order valence-electron chi connectivity index (χ0n) is 13.4. The predicted octanol–water partition coefficient (Wildman–Crippen LogP) is 4.33. The van der Waals surface area contributed by atoms with Gasteiger partial charge in [0.05, 0.1) is 18.2 Å². The first-order chi connectivity index (χ1) is 10.8. The van der Waals surface area contributed by atoms with Gasteiger partial charge < -0.3 is 9.64 Å². The fraction of sp³-hybridized carbons (Fsp3) is 0.632. The fourth-order valence-electron chi connectivity index (χ4n) is 3.62. The summed E-state index contributed by atoms with van der Waals surface area (Å²) >= 11 is 5.60. The Morgan fingerprint density at radius 1 is 1.00 bits per heavy atom. The molecule has 0 bridgehead atoms. The Morgan fingerprint density at radius 3 is 2.27 bits per heavy atom. The van der Waals surface area contributed by atoms with Crippen molar-refractivity contribution in [3.63, 3.8) is 0 Å². The molecule has 1 saturated heterocycles. The maximum absolute atomic E-state index is 5.60. The van der Waals surface area contributed by atoms with Gasteiger partial charge in [0, 0.05) is 19.5 Å². The highest BCUT2D eigenvalue weighted by molar-refractivity contribution is 7.80. The molecule has 2 aliphatic rings. The van der Waals surface area contributed by atoms with E-state index in [4.69, 9.17) is 17.0 Å². The summed E-state index contributed by atoms with van der Waals surface area (Å²) in [4.78, 5) is 3.35. The van der Waals surface area contributed by atoms with Gasteiger partial charge in [-0.15, -0.1) is 0 Å². The summed E-state index contributed by atoms with van der Waals surface area (Å²) in [6.07, 6.45) is 9.25. The van der Waals surface area contributed by atoms with Crippen LogP contribution in [0.5, 0.6) is 0 Å². The number of morpholine rings is 1. The van der Waals surface area contributed by atoms with Crippen LogP contribution < -0.4 is 0 Å². The van der Waals surface area contributed by atoms with Crippen LogP contribution in [0.3, 0.4) is 0 Å². The Morgan fingerprint density at radius 2 is 1.64 bits per heavy atom. The quantitative estimate of drug-likeness (QED) is 0.608. The molecule has 0 radical (unpaired) electrons. The molecule has 22 heavy (non-hydrogen) atoms. The molecule has 1 heterocycles. The molecule has 1 aliphatic carbocycles. The number of thiocarbonyl (C=S) groups is 1. The van der Waals surface area contributed by atoms with E-state index in [-0.39, 0.29) is 0 Å². The molecule has 0 atom stereocenters. The van der Waals surface area contributed by atoms with Crippen LogP contribution in [0.1, 0.15) is 55.6 Å². The Hall–Kier alpha value is -0.930. The Balaban J connectivity index is 1.57. The summed E-state index contributed by atoms with van der Waals surface area (Å²) in [5.74, 6) is 0.780. The van der Waals surface area contributed by atoms with Crippen molar-refractivity contribution in [3.8, 4) is 0 Å². The number of benzene rings is 1.